The predicted octanol–water partition coefficient (Wildman–Crippen LogP) is 2.89. The van der Waals surface area contributed by atoms with Gasteiger partial charge in [0.15, 0.2) is 0 Å². The summed E-state index contributed by atoms with van der Waals surface area (Å²) in [4.78, 5) is 0. The van der Waals surface area contributed by atoms with E-state index in [1.165, 1.54) is 25.7 Å². The molecule has 2 nitrogen and oxygen atoms in total. The van der Waals surface area contributed by atoms with Gasteiger partial charge in [0, 0.05) is 12.5 Å². The summed E-state index contributed by atoms with van der Waals surface area (Å²) in [5.41, 5.74) is 1.11. The summed E-state index contributed by atoms with van der Waals surface area (Å²) in [6.07, 6.45) is 5.30. The topological polar surface area (TPSA) is 32.3 Å². The summed E-state index contributed by atoms with van der Waals surface area (Å²) in [5.74, 6) is 1.66. The number of likely N-dealkylation sites (N-methyl/N-ethyl adjacent to an activating group) is 1. The molecule has 0 spiro atoms. The maximum atomic E-state index is 9.94. The fourth-order valence-corrected chi connectivity index (χ4v) is 2.91. The molecule has 2 rings (SSSR count). The first-order valence-electron chi connectivity index (χ1n) is 6.25. The number of benzene rings is 1. The highest BCUT2D eigenvalue weighted by atomic mass is 16.3. The fourth-order valence-electron chi connectivity index (χ4n) is 2.91. The SMILES string of the molecule is CNCC(c1ccccc1O)C1CCCC1. The van der Waals surface area contributed by atoms with E-state index in [2.05, 4.69) is 11.4 Å². The van der Waals surface area contributed by atoms with E-state index in [-0.39, 0.29) is 0 Å². The largest absolute Gasteiger partial charge is 0.508 e. The highest BCUT2D eigenvalue weighted by Crippen LogP contribution is 2.39. The van der Waals surface area contributed by atoms with Gasteiger partial charge in [-0.2, -0.15) is 0 Å². The number of nitrogens with one attached hydrogen (secondary N) is 1. The van der Waals surface area contributed by atoms with E-state index in [1.54, 1.807) is 6.07 Å². The van der Waals surface area contributed by atoms with Gasteiger partial charge in [-0.05, 0) is 37.4 Å². The van der Waals surface area contributed by atoms with Crippen molar-refractivity contribution in [2.45, 2.75) is 31.6 Å². The van der Waals surface area contributed by atoms with Crippen LogP contribution in [-0.2, 0) is 0 Å². The zero-order valence-corrected chi connectivity index (χ0v) is 9.95. The molecule has 2 N–H and O–H groups in total. The number of aromatic hydroxyl groups is 1. The second kappa shape index (κ2) is 5.35. The molecule has 1 aliphatic rings. The Hall–Kier alpha value is -1.02. The van der Waals surface area contributed by atoms with Crippen LogP contribution in [0.15, 0.2) is 24.3 Å². The lowest BCUT2D eigenvalue weighted by molar-refractivity contribution is 0.397. The molecule has 0 radical (unpaired) electrons. The molecule has 1 aromatic carbocycles. The molecule has 0 aliphatic heterocycles. The molecular weight excluding hydrogens is 198 g/mol. The van der Waals surface area contributed by atoms with Gasteiger partial charge < -0.3 is 10.4 Å². The van der Waals surface area contributed by atoms with Gasteiger partial charge in [-0.25, -0.2) is 0 Å². The third-order valence-corrected chi connectivity index (χ3v) is 3.73. The van der Waals surface area contributed by atoms with E-state index >= 15 is 0 Å². The smallest absolute Gasteiger partial charge is 0.119 e. The van der Waals surface area contributed by atoms with Gasteiger partial charge >= 0.3 is 0 Å². The minimum atomic E-state index is 0.453. The van der Waals surface area contributed by atoms with Gasteiger partial charge in [0.2, 0.25) is 0 Å². The van der Waals surface area contributed by atoms with E-state index in [0.717, 1.165) is 18.0 Å². The molecule has 0 aromatic heterocycles. The summed E-state index contributed by atoms with van der Waals surface area (Å²) < 4.78 is 0. The molecule has 1 fully saturated rings. The van der Waals surface area contributed by atoms with Crippen molar-refractivity contribution in [3.05, 3.63) is 29.8 Å². The standard InChI is InChI=1S/C14H21NO/c1-15-10-13(11-6-2-3-7-11)12-8-4-5-9-14(12)16/h4-5,8-9,11,13,15-16H,2-3,6-7,10H2,1H3. The van der Waals surface area contributed by atoms with Crippen LogP contribution in [0, 0.1) is 5.92 Å². The van der Waals surface area contributed by atoms with E-state index in [0.29, 0.717) is 11.7 Å². The Morgan fingerprint density at radius 2 is 2.00 bits per heavy atom. The third-order valence-electron chi connectivity index (χ3n) is 3.73. The van der Waals surface area contributed by atoms with Crippen LogP contribution >= 0.6 is 0 Å². The van der Waals surface area contributed by atoms with Crippen molar-refractivity contribution in [2.24, 2.45) is 5.92 Å². The van der Waals surface area contributed by atoms with Crippen LogP contribution < -0.4 is 5.32 Å². The Labute approximate surface area is 97.7 Å². The zero-order valence-electron chi connectivity index (χ0n) is 9.95. The molecule has 0 amide bonds. The van der Waals surface area contributed by atoms with Crippen LogP contribution in [-0.4, -0.2) is 18.7 Å². The Balaban J connectivity index is 2.21. The lowest BCUT2D eigenvalue weighted by atomic mass is 9.84. The molecule has 1 aliphatic carbocycles. The van der Waals surface area contributed by atoms with Gasteiger partial charge in [0.05, 0.1) is 0 Å². The molecule has 0 heterocycles. The van der Waals surface area contributed by atoms with Gasteiger partial charge in [0.1, 0.15) is 5.75 Å². The Bertz CT molecular complexity index is 331. The average molecular weight is 219 g/mol. The molecule has 16 heavy (non-hydrogen) atoms. The zero-order chi connectivity index (χ0) is 11.4. The lowest BCUT2D eigenvalue weighted by Crippen LogP contribution is -2.23. The highest BCUT2D eigenvalue weighted by Gasteiger charge is 2.27. The molecule has 0 bridgehead atoms. The highest BCUT2D eigenvalue weighted by molar-refractivity contribution is 5.35. The minimum absolute atomic E-state index is 0.453. The molecule has 1 saturated carbocycles. The van der Waals surface area contributed by atoms with Crippen molar-refractivity contribution < 1.29 is 5.11 Å². The maximum absolute atomic E-state index is 9.94. The maximum Gasteiger partial charge on any atom is 0.119 e. The van der Waals surface area contributed by atoms with Crippen LogP contribution in [0.2, 0.25) is 0 Å². The molecule has 1 unspecified atom stereocenters. The minimum Gasteiger partial charge on any atom is -0.508 e. The Morgan fingerprint density at radius 3 is 2.62 bits per heavy atom. The van der Waals surface area contributed by atoms with Crippen LogP contribution in [0.25, 0.3) is 0 Å². The summed E-state index contributed by atoms with van der Waals surface area (Å²) >= 11 is 0. The predicted molar refractivity (Wildman–Crippen MR) is 66.7 cm³/mol. The van der Waals surface area contributed by atoms with Crippen molar-refractivity contribution >= 4 is 0 Å². The number of rotatable bonds is 4. The van der Waals surface area contributed by atoms with Crippen LogP contribution in [0.5, 0.6) is 5.75 Å². The average Bonchev–Trinajstić information content (AvgIpc) is 2.80. The summed E-state index contributed by atoms with van der Waals surface area (Å²) in [5, 5.41) is 13.2. The molecule has 1 aromatic rings. The normalized spacial score (nSPS) is 18.8. The van der Waals surface area contributed by atoms with Crippen molar-refractivity contribution in [1.29, 1.82) is 0 Å². The lowest BCUT2D eigenvalue weighted by Gasteiger charge is -2.24. The van der Waals surface area contributed by atoms with Crippen molar-refractivity contribution in [1.82, 2.24) is 5.32 Å². The molecule has 2 heteroatoms. The summed E-state index contributed by atoms with van der Waals surface area (Å²) in [7, 11) is 1.99. The second-order valence-corrected chi connectivity index (χ2v) is 4.77. The fraction of sp³-hybridized carbons (Fsp3) is 0.571. The first kappa shape index (κ1) is 11.5. The second-order valence-electron chi connectivity index (χ2n) is 4.77. The molecule has 0 saturated heterocycles. The van der Waals surface area contributed by atoms with Crippen LogP contribution in [0.1, 0.15) is 37.2 Å². The summed E-state index contributed by atoms with van der Waals surface area (Å²) in [6.45, 7) is 0.961. The van der Waals surface area contributed by atoms with Gasteiger partial charge in [-0.15, -0.1) is 0 Å². The van der Waals surface area contributed by atoms with Gasteiger partial charge in [-0.1, -0.05) is 31.0 Å². The van der Waals surface area contributed by atoms with Crippen LogP contribution in [0.3, 0.4) is 0 Å². The monoisotopic (exact) mass is 219 g/mol. The van der Waals surface area contributed by atoms with Crippen LogP contribution in [0.4, 0.5) is 0 Å². The summed E-state index contributed by atoms with van der Waals surface area (Å²) in [6, 6.07) is 7.78. The van der Waals surface area contributed by atoms with E-state index in [1.807, 2.05) is 19.2 Å². The quantitative estimate of drug-likeness (QED) is 0.816. The van der Waals surface area contributed by atoms with E-state index < -0.39 is 0 Å². The van der Waals surface area contributed by atoms with Gasteiger partial charge in [-0.3, -0.25) is 0 Å². The number of phenols is 1. The van der Waals surface area contributed by atoms with Crippen molar-refractivity contribution in [2.75, 3.05) is 13.6 Å². The number of hydrogen-bond acceptors (Lipinski definition) is 2. The molecule has 88 valence electrons. The number of para-hydroxylation sites is 1. The first-order chi connectivity index (χ1) is 7.83. The first-order valence-corrected chi connectivity index (χ1v) is 6.25. The third kappa shape index (κ3) is 2.38. The van der Waals surface area contributed by atoms with Gasteiger partial charge in [0.25, 0.3) is 0 Å². The number of phenolic OH excluding ortho intramolecular Hbond substituents is 1. The Kier molecular flexibility index (Phi) is 3.83. The molecule has 1 atom stereocenters. The van der Waals surface area contributed by atoms with Crippen molar-refractivity contribution in [3.63, 3.8) is 0 Å². The van der Waals surface area contributed by atoms with Crippen molar-refractivity contribution in [3.8, 4) is 5.75 Å². The van der Waals surface area contributed by atoms with E-state index in [4.69, 9.17) is 0 Å². The van der Waals surface area contributed by atoms with E-state index in [9.17, 15) is 5.11 Å². The Morgan fingerprint density at radius 1 is 1.31 bits per heavy atom. The molecular formula is C14H21NO. The number of hydrogen-bond donors (Lipinski definition) is 2.